The lowest BCUT2D eigenvalue weighted by Gasteiger charge is -2.34. The predicted molar refractivity (Wildman–Crippen MR) is 126 cm³/mol. The fraction of sp³-hybridized carbons (Fsp3) is 0.125. The molecule has 32 heavy (non-hydrogen) atoms. The molecule has 0 aromatic heterocycles. The number of ether oxygens (including phenoxy) is 1. The summed E-state index contributed by atoms with van der Waals surface area (Å²) in [5, 5.41) is 1.88. The first-order valence-corrected chi connectivity index (χ1v) is 11.7. The fourth-order valence-electron chi connectivity index (χ4n) is 3.68. The Labute approximate surface area is 193 Å². The van der Waals surface area contributed by atoms with Gasteiger partial charge >= 0.3 is 0 Å². The second-order valence-electron chi connectivity index (χ2n) is 7.23. The summed E-state index contributed by atoms with van der Waals surface area (Å²) in [7, 11) is 0. The van der Waals surface area contributed by atoms with Crippen molar-refractivity contribution >= 4 is 52.2 Å². The molecule has 0 saturated carbocycles. The molecule has 1 aliphatic carbocycles. The summed E-state index contributed by atoms with van der Waals surface area (Å²) in [5.41, 5.74) is 2.57. The summed E-state index contributed by atoms with van der Waals surface area (Å²) in [6, 6.07) is 15.4. The molecule has 1 fully saturated rings. The largest absolute Gasteiger partial charge is 0.492 e. The van der Waals surface area contributed by atoms with Crippen LogP contribution in [-0.2, 0) is 9.59 Å². The molecule has 2 amide bonds. The lowest BCUT2D eigenvalue weighted by molar-refractivity contribution is -0.116. The first kappa shape index (κ1) is 20.7. The Hall–Kier alpha value is -3.23. The Balaban J connectivity index is 1.28. The van der Waals surface area contributed by atoms with Gasteiger partial charge in [0.2, 0.25) is 0 Å². The van der Waals surface area contributed by atoms with Crippen molar-refractivity contribution in [3.05, 3.63) is 81.8 Å². The van der Waals surface area contributed by atoms with Gasteiger partial charge in [-0.1, -0.05) is 42.1 Å². The van der Waals surface area contributed by atoms with Crippen LogP contribution in [0, 0.1) is 0 Å². The SMILES string of the molecule is O=C1NC(=O)C(=Cc2ccc(OCCN3C4=C(C=CCC4=O)Sc4ccccc43)cc2)S1. The molecule has 0 radical (unpaired) electrons. The minimum Gasteiger partial charge on any atom is -0.492 e. The summed E-state index contributed by atoms with van der Waals surface area (Å²) in [6.45, 7) is 0.945. The van der Waals surface area contributed by atoms with Crippen LogP contribution in [-0.4, -0.2) is 30.1 Å². The molecule has 0 bridgehead atoms. The molecule has 0 unspecified atom stereocenters. The van der Waals surface area contributed by atoms with Gasteiger partial charge in [0.1, 0.15) is 12.4 Å². The van der Waals surface area contributed by atoms with Gasteiger partial charge in [0.05, 0.1) is 22.8 Å². The summed E-state index contributed by atoms with van der Waals surface area (Å²) in [5.74, 6) is 0.436. The van der Waals surface area contributed by atoms with Crippen molar-refractivity contribution < 1.29 is 19.1 Å². The van der Waals surface area contributed by atoms with Gasteiger partial charge in [0.15, 0.2) is 5.78 Å². The van der Waals surface area contributed by atoms with Crippen LogP contribution >= 0.6 is 23.5 Å². The van der Waals surface area contributed by atoms with E-state index in [1.165, 1.54) is 0 Å². The Kier molecular flexibility index (Phi) is 5.63. The molecule has 8 heteroatoms. The molecule has 1 saturated heterocycles. The first-order valence-electron chi connectivity index (χ1n) is 10.0. The van der Waals surface area contributed by atoms with Gasteiger partial charge in [-0.3, -0.25) is 19.7 Å². The maximum atomic E-state index is 12.6. The van der Waals surface area contributed by atoms with Gasteiger partial charge < -0.3 is 9.64 Å². The number of rotatable bonds is 5. The van der Waals surface area contributed by atoms with Crippen molar-refractivity contribution in [2.75, 3.05) is 18.1 Å². The fourth-order valence-corrected chi connectivity index (χ4v) is 5.51. The number of fused-ring (bicyclic) bond motifs is 1. The third-order valence-corrected chi connectivity index (χ3v) is 7.04. The van der Waals surface area contributed by atoms with Crippen LogP contribution in [0.1, 0.15) is 12.0 Å². The molecule has 6 nitrogen and oxygen atoms in total. The molecule has 5 rings (SSSR count). The molecule has 2 aliphatic heterocycles. The topological polar surface area (TPSA) is 75.7 Å². The average Bonchev–Trinajstić information content (AvgIpc) is 3.11. The van der Waals surface area contributed by atoms with Crippen LogP contribution in [0.5, 0.6) is 5.75 Å². The number of nitrogens with zero attached hydrogens (tertiary/aromatic N) is 1. The van der Waals surface area contributed by atoms with Crippen LogP contribution < -0.4 is 15.0 Å². The highest BCUT2D eigenvalue weighted by Gasteiger charge is 2.30. The number of anilines is 1. The Morgan fingerprint density at radius 1 is 1.03 bits per heavy atom. The van der Waals surface area contributed by atoms with Gasteiger partial charge in [-0.25, -0.2) is 0 Å². The highest BCUT2D eigenvalue weighted by Crippen LogP contribution is 2.45. The lowest BCUT2D eigenvalue weighted by atomic mass is 10.1. The van der Waals surface area contributed by atoms with E-state index in [1.807, 2.05) is 54.6 Å². The van der Waals surface area contributed by atoms with Crippen molar-refractivity contribution in [3.63, 3.8) is 0 Å². The molecular formula is C24H18N2O4S2. The average molecular weight is 463 g/mol. The number of thioether (sulfide) groups is 2. The Bertz CT molecular complexity index is 1210. The van der Waals surface area contributed by atoms with E-state index in [0.717, 1.165) is 38.5 Å². The number of imide groups is 1. The standard InChI is InChI=1S/C24H18N2O4S2/c27-18-5-3-7-20-22(18)26(17-4-1-2-6-19(17)31-20)12-13-30-16-10-8-15(9-11-16)14-21-23(28)25-24(29)32-21/h1-4,6-11,14H,5,12-13H2,(H,25,28,29). The third-order valence-electron chi connectivity index (χ3n) is 5.12. The third kappa shape index (κ3) is 4.11. The highest BCUT2D eigenvalue weighted by molar-refractivity contribution is 8.18. The van der Waals surface area contributed by atoms with Crippen molar-refractivity contribution in [2.45, 2.75) is 11.3 Å². The Morgan fingerprint density at radius 2 is 1.84 bits per heavy atom. The zero-order valence-corrected chi connectivity index (χ0v) is 18.5. The summed E-state index contributed by atoms with van der Waals surface area (Å²) in [4.78, 5) is 40.1. The monoisotopic (exact) mass is 462 g/mol. The number of carbonyl (C=O) groups excluding carboxylic acids is 3. The molecular weight excluding hydrogens is 444 g/mol. The van der Waals surface area contributed by atoms with E-state index in [1.54, 1.807) is 17.8 Å². The van der Waals surface area contributed by atoms with Crippen LogP contribution in [0.2, 0.25) is 0 Å². The number of para-hydroxylation sites is 1. The number of benzene rings is 2. The van der Waals surface area contributed by atoms with Crippen molar-refractivity contribution in [1.82, 2.24) is 5.32 Å². The van der Waals surface area contributed by atoms with E-state index < -0.39 is 0 Å². The number of allylic oxidation sites excluding steroid dienone is 3. The maximum absolute atomic E-state index is 12.6. The van der Waals surface area contributed by atoms with Gasteiger partial charge in [0.25, 0.3) is 11.1 Å². The van der Waals surface area contributed by atoms with Gasteiger partial charge in [-0.15, -0.1) is 0 Å². The van der Waals surface area contributed by atoms with Gasteiger partial charge in [-0.2, -0.15) is 0 Å². The minimum atomic E-state index is -0.374. The number of amides is 2. The normalized spacial score (nSPS) is 18.7. The van der Waals surface area contributed by atoms with Crippen LogP contribution in [0.4, 0.5) is 10.5 Å². The quantitative estimate of drug-likeness (QED) is 0.643. The van der Waals surface area contributed by atoms with Crippen LogP contribution in [0.3, 0.4) is 0 Å². The van der Waals surface area contributed by atoms with Crippen LogP contribution in [0.25, 0.3) is 6.08 Å². The molecule has 0 spiro atoms. The highest BCUT2D eigenvalue weighted by atomic mass is 32.2. The molecule has 2 aromatic carbocycles. The smallest absolute Gasteiger partial charge is 0.290 e. The summed E-state index contributed by atoms with van der Waals surface area (Å²) < 4.78 is 5.94. The van der Waals surface area contributed by atoms with E-state index in [2.05, 4.69) is 16.3 Å². The zero-order valence-electron chi connectivity index (χ0n) is 16.9. The van der Waals surface area contributed by atoms with Crippen molar-refractivity contribution in [3.8, 4) is 5.75 Å². The van der Waals surface area contributed by atoms with E-state index in [4.69, 9.17) is 4.74 Å². The number of hydrogen-bond donors (Lipinski definition) is 1. The molecule has 2 aromatic rings. The van der Waals surface area contributed by atoms with E-state index in [0.29, 0.717) is 30.2 Å². The lowest BCUT2D eigenvalue weighted by Crippen LogP contribution is -2.35. The summed E-state index contributed by atoms with van der Waals surface area (Å²) >= 11 is 2.52. The molecule has 3 aliphatic rings. The number of Topliss-reactive ketones (excluding diaryl/α,β-unsaturated/α-hetero) is 1. The van der Waals surface area contributed by atoms with E-state index in [-0.39, 0.29) is 16.9 Å². The van der Waals surface area contributed by atoms with Crippen molar-refractivity contribution in [2.24, 2.45) is 0 Å². The van der Waals surface area contributed by atoms with E-state index >= 15 is 0 Å². The number of ketones is 1. The molecule has 160 valence electrons. The second kappa shape index (κ2) is 8.72. The molecule has 0 atom stereocenters. The van der Waals surface area contributed by atoms with E-state index in [9.17, 15) is 14.4 Å². The summed E-state index contributed by atoms with van der Waals surface area (Å²) in [6.07, 6.45) is 6.02. The number of nitrogens with one attached hydrogen (secondary N) is 1. The zero-order chi connectivity index (χ0) is 22.1. The van der Waals surface area contributed by atoms with Crippen molar-refractivity contribution in [1.29, 1.82) is 0 Å². The molecule has 1 N–H and O–H groups in total. The molecule has 2 heterocycles. The first-order chi connectivity index (χ1) is 15.6. The Morgan fingerprint density at radius 3 is 2.62 bits per heavy atom. The maximum Gasteiger partial charge on any atom is 0.290 e. The van der Waals surface area contributed by atoms with Crippen LogP contribution in [0.15, 0.2) is 81.1 Å². The minimum absolute atomic E-state index is 0.120. The second-order valence-corrected chi connectivity index (χ2v) is 9.33. The predicted octanol–water partition coefficient (Wildman–Crippen LogP) is 4.74. The van der Waals surface area contributed by atoms with Gasteiger partial charge in [-0.05, 0) is 53.7 Å². The number of hydrogen-bond acceptors (Lipinski definition) is 7. The number of carbonyl (C=O) groups is 3. The van der Waals surface area contributed by atoms with Gasteiger partial charge in [0, 0.05) is 16.2 Å².